The Morgan fingerprint density at radius 1 is 0.892 bits per heavy atom. The predicted molar refractivity (Wildman–Crippen MR) is 149 cm³/mol. The minimum atomic E-state index is -0.985. The number of hydrogen-bond donors (Lipinski definition) is 1. The predicted octanol–water partition coefficient (Wildman–Crippen LogP) is 7.54. The van der Waals surface area contributed by atoms with Crippen LogP contribution in [0.4, 0.5) is 0 Å². The molecule has 0 spiro atoms. The largest absolute Gasteiger partial charge is 0.490 e. The van der Waals surface area contributed by atoms with Crippen LogP contribution >= 0.6 is 11.6 Å². The molecule has 0 saturated carbocycles. The maximum absolute atomic E-state index is 10.6. The first kappa shape index (κ1) is 24.4. The van der Waals surface area contributed by atoms with E-state index in [1.807, 2.05) is 48.5 Å². The average molecular weight is 508 g/mol. The van der Waals surface area contributed by atoms with E-state index in [9.17, 15) is 4.79 Å². The highest BCUT2D eigenvalue weighted by Gasteiger charge is 2.20. The molecule has 5 rings (SSSR count). The van der Waals surface area contributed by atoms with Gasteiger partial charge in [0.2, 0.25) is 0 Å². The van der Waals surface area contributed by atoms with E-state index in [2.05, 4.69) is 65.4 Å². The van der Waals surface area contributed by atoms with Crippen LogP contribution in [0.5, 0.6) is 5.75 Å². The minimum absolute atomic E-state index is 0.00625. The number of nitrogens with zero attached hydrogens (tertiary/aromatic N) is 1. The van der Waals surface area contributed by atoms with Crippen molar-refractivity contribution in [3.63, 3.8) is 0 Å². The number of carbonyl (C=O) groups is 1. The number of carboxylic acids is 1. The highest BCUT2D eigenvalue weighted by Crippen LogP contribution is 2.35. The van der Waals surface area contributed by atoms with Crippen molar-refractivity contribution < 1.29 is 14.6 Å². The second kappa shape index (κ2) is 11.2. The van der Waals surface area contributed by atoms with E-state index in [0.29, 0.717) is 10.8 Å². The second-order valence-corrected chi connectivity index (χ2v) is 9.26. The van der Waals surface area contributed by atoms with Crippen LogP contribution < -0.4 is 4.74 Å². The molecular formula is C32H26ClNO3. The van der Waals surface area contributed by atoms with Gasteiger partial charge in [-0.15, -0.1) is 0 Å². The third kappa shape index (κ3) is 5.76. The van der Waals surface area contributed by atoms with Crippen molar-refractivity contribution >= 4 is 28.5 Å². The number of hydrogen-bond acceptors (Lipinski definition) is 2. The highest BCUT2D eigenvalue weighted by molar-refractivity contribution is 6.31. The first-order valence-corrected chi connectivity index (χ1v) is 12.5. The van der Waals surface area contributed by atoms with Gasteiger partial charge in [0.25, 0.3) is 0 Å². The van der Waals surface area contributed by atoms with Crippen molar-refractivity contribution in [1.29, 1.82) is 0 Å². The van der Waals surface area contributed by atoms with Crippen LogP contribution in [0.15, 0.2) is 121 Å². The number of ether oxygens (including phenoxy) is 1. The van der Waals surface area contributed by atoms with Crippen molar-refractivity contribution in [3.8, 4) is 5.75 Å². The molecule has 0 atom stereocenters. The first-order valence-electron chi connectivity index (χ1n) is 12.1. The van der Waals surface area contributed by atoms with E-state index < -0.39 is 5.97 Å². The van der Waals surface area contributed by atoms with Crippen LogP contribution in [-0.4, -0.2) is 22.2 Å². The minimum Gasteiger partial charge on any atom is -0.490 e. The Hall–Kier alpha value is -4.28. The van der Waals surface area contributed by atoms with Gasteiger partial charge in [-0.1, -0.05) is 90.5 Å². The quantitative estimate of drug-likeness (QED) is 0.210. The zero-order valence-corrected chi connectivity index (χ0v) is 20.9. The Morgan fingerprint density at radius 3 is 2.16 bits per heavy atom. The Balaban J connectivity index is 1.50. The van der Waals surface area contributed by atoms with Crippen molar-refractivity contribution in [2.45, 2.75) is 12.5 Å². The number of carboxylic acid groups (broad SMARTS) is 1. The summed E-state index contributed by atoms with van der Waals surface area (Å²) in [5.74, 6) is -0.289. The van der Waals surface area contributed by atoms with Gasteiger partial charge in [-0.05, 0) is 59.0 Å². The van der Waals surface area contributed by atoms with Crippen LogP contribution in [0.1, 0.15) is 28.3 Å². The Kier molecular flexibility index (Phi) is 7.38. The van der Waals surface area contributed by atoms with Crippen molar-refractivity contribution in [2.75, 3.05) is 6.61 Å². The smallest absolute Gasteiger partial charge is 0.328 e. The lowest BCUT2D eigenvalue weighted by molar-refractivity contribution is -0.131. The van der Waals surface area contributed by atoms with Gasteiger partial charge in [-0.2, -0.15) is 0 Å². The van der Waals surface area contributed by atoms with Gasteiger partial charge in [0.1, 0.15) is 12.4 Å². The number of rotatable bonds is 9. The molecule has 184 valence electrons. The molecule has 0 aliphatic carbocycles. The molecule has 0 amide bonds. The summed E-state index contributed by atoms with van der Waals surface area (Å²) >= 11 is 6.48. The lowest BCUT2D eigenvalue weighted by atomic mass is 9.98. The summed E-state index contributed by atoms with van der Waals surface area (Å²) in [7, 11) is 0. The van der Waals surface area contributed by atoms with Gasteiger partial charge in [0, 0.05) is 22.7 Å². The van der Waals surface area contributed by atoms with Crippen molar-refractivity contribution in [1.82, 2.24) is 4.57 Å². The van der Waals surface area contributed by atoms with E-state index >= 15 is 0 Å². The molecule has 0 saturated heterocycles. The number of halogens is 1. The van der Waals surface area contributed by atoms with E-state index in [0.717, 1.165) is 23.6 Å². The van der Waals surface area contributed by atoms with E-state index in [4.69, 9.17) is 21.4 Å². The topological polar surface area (TPSA) is 51.5 Å². The number of fused-ring (bicyclic) bond motifs is 1. The normalized spacial score (nSPS) is 11.4. The first-order chi connectivity index (χ1) is 18.1. The molecule has 0 unspecified atom stereocenters. The average Bonchev–Trinajstić information content (AvgIpc) is 3.25. The molecule has 0 aliphatic rings. The number of aliphatic carboxylic acids is 1. The van der Waals surface area contributed by atoms with E-state index in [1.165, 1.54) is 28.2 Å². The van der Waals surface area contributed by atoms with Crippen molar-refractivity contribution in [2.24, 2.45) is 0 Å². The fourth-order valence-electron chi connectivity index (χ4n) is 4.65. The molecule has 0 fully saturated rings. The molecule has 0 radical (unpaired) electrons. The van der Waals surface area contributed by atoms with Crippen LogP contribution in [0, 0.1) is 0 Å². The maximum Gasteiger partial charge on any atom is 0.328 e. The Bertz CT molecular complexity index is 1480. The summed E-state index contributed by atoms with van der Waals surface area (Å²) in [5.41, 5.74) is 5.86. The SMILES string of the molecule is O=C(O)/C=C/COc1ccc(Cc2cn(C(c3ccccc3)c3ccccc3)c3cc(Cl)ccc23)cc1. The lowest BCUT2D eigenvalue weighted by Crippen LogP contribution is -2.11. The zero-order valence-electron chi connectivity index (χ0n) is 20.1. The molecule has 37 heavy (non-hydrogen) atoms. The molecule has 4 aromatic carbocycles. The molecule has 1 N–H and O–H groups in total. The summed E-state index contributed by atoms with van der Waals surface area (Å²) in [6.07, 6.45) is 5.55. The lowest BCUT2D eigenvalue weighted by Gasteiger charge is -2.21. The van der Waals surface area contributed by atoms with Gasteiger partial charge < -0.3 is 14.4 Å². The summed E-state index contributed by atoms with van der Waals surface area (Å²) in [5, 5.41) is 10.6. The van der Waals surface area contributed by atoms with Crippen molar-refractivity contribution in [3.05, 3.63) is 149 Å². The maximum atomic E-state index is 10.6. The Morgan fingerprint density at radius 2 is 1.54 bits per heavy atom. The van der Waals surface area contributed by atoms with Gasteiger partial charge in [0.15, 0.2) is 0 Å². The molecular weight excluding hydrogens is 482 g/mol. The zero-order chi connectivity index (χ0) is 25.6. The summed E-state index contributed by atoms with van der Waals surface area (Å²) < 4.78 is 7.94. The van der Waals surface area contributed by atoms with Crippen LogP contribution in [0.2, 0.25) is 5.02 Å². The van der Waals surface area contributed by atoms with E-state index in [1.54, 1.807) is 0 Å². The van der Waals surface area contributed by atoms with Crippen LogP contribution in [0.3, 0.4) is 0 Å². The third-order valence-electron chi connectivity index (χ3n) is 6.31. The molecule has 1 heterocycles. The standard InChI is InChI=1S/C32H26ClNO3/c33-27-15-18-29-26(20-23-13-16-28(17-14-23)37-19-7-12-31(35)36)22-34(30(29)21-27)32(24-8-3-1-4-9-24)25-10-5-2-6-11-25/h1-18,21-22,32H,19-20H2,(H,35,36)/b12-7+. The van der Waals surface area contributed by atoms with Gasteiger partial charge in [-0.3, -0.25) is 0 Å². The molecule has 0 aliphatic heterocycles. The third-order valence-corrected chi connectivity index (χ3v) is 6.55. The van der Waals surface area contributed by atoms with Gasteiger partial charge in [0.05, 0.1) is 11.6 Å². The fraction of sp³-hybridized carbons (Fsp3) is 0.0938. The Labute approximate surface area is 221 Å². The summed E-state index contributed by atoms with van der Waals surface area (Å²) in [6.45, 7) is 0.209. The van der Waals surface area contributed by atoms with Crippen LogP contribution in [-0.2, 0) is 11.2 Å². The molecule has 1 aromatic heterocycles. The molecule has 5 heteroatoms. The van der Waals surface area contributed by atoms with Gasteiger partial charge >= 0.3 is 5.97 Å². The molecule has 4 nitrogen and oxygen atoms in total. The summed E-state index contributed by atoms with van der Waals surface area (Å²) in [4.78, 5) is 10.6. The van der Waals surface area contributed by atoms with Crippen LogP contribution in [0.25, 0.3) is 10.9 Å². The monoisotopic (exact) mass is 507 g/mol. The number of benzene rings is 4. The fourth-order valence-corrected chi connectivity index (χ4v) is 4.82. The number of aromatic nitrogens is 1. The summed E-state index contributed by atoms with van der Waals surface area (Å²) in [6, 6.07) is 35.0. The molecule has 5 aromatic rings. The highest BCUT2D eigenvalue weighted by atomic mass is 35.5. The van der Waals surface area contributed by atoms with Gasteiger partial charge in [-0.25, -0.2) is 4.79 Å². The second-order valence-electron chi connectivity index (χ2n) is 8.82. The molecule has 0 bridgehead atoms. The van der Waals surface area contributed by atoms with E-state index in [-0.39, 0.29) is 12.6 Å².